The van der Waals surface area contributed by atoms with Gasteiger partial charge in [0.15, 0.2) is 22.2 Å². The van der Waals surface area contributed by atoms with Crippen LogP contribution in [0.15, 0.2) is 73.8 Å². The van der Waals surface area contributed by atoms with E-state index in [9.17, 15) is 47.0 Å². The van der Waals surface area contributed by atoms with E-state index in [0.717, 1.165) is 30.3 Å². The molecule has 3 N–H and O–H groups in total. The predicted molar refractivity (Wildman–Crippen MR) is 119 cm³/mol. The van der Waals surface area contributed by atoms with Gasteiger partial charge in [0.2, 0.25) is 15.6 Å². The SMILES string of the molecule is O=[N+]([O-])c1c(O)c(O)cc(-c2nc(C(F)(F)Sc3ccc(F)c(O)c3)no2)c1S(=O)(=O)c1ccccc1. The maximum atomic E-state index is 14.8. The van der Waals surface area contributed by atoms with Crippen molar-refractivity contribution >= 4 is 27.3 Å². The van der Waals surface area contributed by atoms with Gasteiger partial charge in [0.05, 0.1) is 15.4 Å². The largest absolute Gasteiger partial charge is 0.505 e. The van der Waals surface area contributed by atoms with E-state index >= 15 is 0 Å². The van der Waals surface area contributed by atoms with Crippen LogP contribution >= 0.6 is 11.8 Å². The number of aromatic hydroxyl groups is 3. The van der Waals surface area contributed by atoms with Crippen molar-refractivity contribution in [1.29, 1.82) is 0 Å². The van der Waals surface area contributed by atoms with E-state index in [1.807, 2.05) is 0 Å². The summed E-state index contributed by atoms with van der Waals surface area (Å²) in [5, 5.41) is 40.3. The average molecular weight is 555 g/mol. The minimum Gasteiger partial charge on any atom is -0.505 e. The van der Waals surface area contributed by atoms with Crippen molar-refractivity contribution in [2.24, 2.45) is 0 Å². The highest BCUT2D eigenvalue weighted by molar-refractivity contribution is 8.00. The van der Waals surface area contributed by atoms with Gasteiger partial charge in [-0.2, -0.15) is 13.8 Å². The molecular formula is C21H12F3N3O8S2. The molecule has 0 aliphatic heterocycles. The van der Waals surface area contributed by atoms with Crippen LogP contribution in [0.25, 0.3) is 11.5 Å². The number of nitro benzene ring substituents is 1. The lowest BCUT2D eigenvalue weighted by Gasteiger charge is -2.12. The molecule has 0 amide bonds. The van der Waals surface area contributed by atoms with Gasteiger partial charge in [-0.1, -0.05) is 23.4 Å². The second-order valence-electron chi connectivity index (χ2n) is 7.20. The van der Waals surface area contributed by atoms with Crippen molar-refractivity contribution in [2.75, 3.05) is 0 Å². The summed E-state index contributed by atoms with van der Waals surface area (Å²) in [6, 6.07) is 9.23. The number of hydrogen-bond donors (Lipinski definition) is 3. The third kappa shape index (κ3) is 4.75. The molecule has 0 atom stereocenters. The zero-order valence-corrected chi connectivity index (χ0v) is 19.5. The molecule has 4 rings (SSSR count). The number of rotatable bonds is 7. The second kappa shape index (κ2) is 9.29. The van der Waals surface area contributed by atoms with Crippen LogP contribution in [-0.2, 0) is 15.1 Å². The average Bonchev–Trinajstić information content (AvgIpc) is 3.34. The van der Waals surface area contributed by atoms with Crippen molar-refractivity contribution in [1.82, 2.24) is 10.1 Å². The van der Waals surface area contributed by atoms with Gasteiger partial charge >= 0.3 is 10.9 Å². The molecule has 0 fully saturated rings. The Hall–Kier alpha value is -4.31. The van der Waals surface area contributed by atoms with Gasteiger partial charge < -0.3 is 19.8 Å². The first kappa shape index (κ1) is 25.8. The van der Waals surface area contributed by atoms with Crippen molar-refractivity contribution in [3.63, 3.8) is 0 Å². The monoisotopic (exact) mass is 555 g/mol. The van der Waals surface area contributed by atoms with Gasteiger partial charge in [0.1, 0.15) is 0 Å². The zero-order valence-electron chi connectivity index (χ0n) is 17.9. The molecule has 3 aromatic carbocycles. The van der Waals surface area contributed by atoms with E-state index in [0.29, 0.717) is 6.07 Å². The van der Waals surface area contributed by atoms with Gasteiger partial charge in [-0.15, -0.1) is 0 Å². The minimum atomic E-state index is -4.81. The Bertz CT molecular complexity index is 1630. The highest BCUT2D eigenvalue weighted by Gasteiger charge is 2.42. The van der Waals surface area contributed by atoms with Crippen LogP contribution in [-0.4, -0.2) is 38.8 Å². The number of sulfone groups is 1. The quantitative estimate of drug-likeness (QED) is 0.126. The Balaban J connectivity index is 1.87. The Morgan fingerprint density at radius 2 is 1.70 bits per heavy atom. The molecule has 1 aromatic heterocycles. The molecular weight excluding hydrogens is 543 g/mol. The molecule has 1 heterocycles. The van der Waals surface area contributed by atoms with Crippen LogP contribution in [0.4, 0.5) is 18.9 Å². The van der Waals surface area contributed by atoms with Gasteiger partial charge in [-0.3, -0.25) is 10.1 Å². The van der Waals surface area contributed by atoms with Crippen molar-refractivity contribution < 1.29 is 46.4 Å². The lowest BCUT2D eigenvalue weighted by Crippen LogP contribution is -2.11. The van der Waals surface area contributed by atoms with Crippen molar-refractivity contribution in [2.45, 2.75) is 19.9 Å². The van der Waals surface area contributed by atoms with Crippen LogP contribution < -0.4 is 0 Å². The Morgan fingerprint density at radius 1 is 1.03 bits per heavy atom. The Kier molecular flexibility index (Phi) is 6.47. The first-order chi connectivity index (χ1) is 17.3. The number of thioether (sulfide) groups is 1. The van der Waals surface area contributed by atoms with E-state index in [4.69, 9.17) is 4.52 Å². The fourth-order valence-electron chi connectivity index (χ4n) is 3.15. The number of halogens is 3. The fraction of sp³-hybridized carbons (Fsp3) is 0.0476. The summed E-state index contributed by atoms with van der Waals surface area (Å²) in [4.78, 5) is 12.0. The van der Waals surface area contributed by atoms with E-state index in [2.05, 4.69) is 10.1 Å². The lowest BCUT2D eigenvalue weighted by atomic mass is 10.1. The van der Waals surface area contributed by atoms with E-state index in [-0.39, 0.29) is 16.7 Å². The normalized spacial score (nSPS) is 12.0. The van der Waals surface area contributed by atoms with E-state index in [1.54, 1.807) is 0 Å². The van der Waals surface area contributed by atoms with Gasteiger partial charge in [-0.05, 0) is 48.2 Å². The fourth-order valence-corrected chi connectivity index (χ4v) is 5.54. The standard InChI is InChI=1S/C21H12F3N3O8S2/c22-13-7-6-10(8-14(13)28)36-21(23,24)20-25-19(35-26-20)12-9-15(29)17(30)16(27(31)32)18(12)37(33,34)11-4-2-1-3-5-11/h1-9,28-30H. The molecule has 0 unspecified atom stereocenters. The van der Waals surface area contributed by atoms with E-state index in [1.165, 1.54) is 18.2 Å². The molecule has 16 heteroatoms. The van der Waals surface area contributed by atoms with Crippen molar-refractivity contribution in [3.8, 4) is 28.7 Å². The molecule has 11 nitrogen and oxygen atoms in total. The molecule has 0 saturated carbocycles. The third-order valence-corrected chi connectivity index (χ3v) is 7.56. The predicted octanol–water partition coefficient (Wildman–Crippen LogP) is 4.58. The number of nitro groups is 1. The molecule has 0 aliphatic carbocycles. The topological polar surface area (TPSA) is 177 Å². The third-order valence-electron chi connectivity index (χ3n) is 4.79. The summed E-state index contributed by atoms with van der Waals surface area (Å²) in [6.45, 7) is 0. The molecule has 0 spiro atoms. The zero-order chi connectivity index (χ0) is 27.1. The number of benzene rings is 3. The molecule has 4 aromatic rings. The van der Waals surface area contributed by atoms with Crippen LogP contribution in [0.3, 0.4) is 0 Å². The Morgan fingerprint density at radius 3 is 2.32 bits per heavy atom. The molecule has 0 aliphatic rings. The summed E-state index contributed by atoms with van der Waals surface area (Å²) < 4.78 is 74.3. The van der Waals surface area contributed by atoms with Gasteiger partial charge in [-0.25, -0.2) is 12.8 Å². The number of alkyl halides is 2. The maximum absolute atomic E-state index is 14.8. The van der Waals surface area contributed by atoms with Crippen LogP contribution in [0, 0.1) is 15.9 Å². The maximum Gasteiger partial charge on any atom is 0.360 e. The summed E-state index contributed by atoms with van der Waals surface area (Å²) in [5.41, 5.74) is -2.27. The summed E-state index contributed by atoms with van der Waals surface area (Å²) in [7, 11) is -4.81. The van der Waals surface area contributed by atoms with Gasteiger partial charge in [0, 0.05) is 4.90 Å². The van der Waals surface area contributed by atoms with Gasteiger partial charge in [0.25, 0.3) is 11.7 Å². The van der Waals surface area contributed by atoms with Crippen molar-refractivity contribution in [3.05, 3.63) is 76.4 Å². The highest BCUT2D eigenvalue weighted by atomic mass is 32.2. The first-order valence-corrected chi connectivity index (χ1v) is 12.1. The first-order valence-electron chi connectivity index (χ1n) is 9.76. The summed E-state index contributed by atoms with van der Waals surface area (Å²) in [6.07, 6.45) is 0. The summed E-state index contributed by atoms with van der Waals surface area (Å²) >= 11 is -0.210. The Labute approximate surface area is 208 Å². The molecule has 192 valence electrons. The summed E-state index contributed by atoms with van der Waals surface area (Å²) in [5.74, 6) is -6.75. The number of nitrogens with zero attached hydrogens (tertiary/aromatic N) is 3. The number of phenolic OH excluding ortho intramolecular Hbond substituents is 3. The molecule has 0 saturated heterocycles. The highest BCUT2D eigenvalue weighted by Crippen LogP contribution is 2.49. The van der Waals surface area contributed by atoms with Crippen LogP contribution in [0.2, 0.25) is 0 Å². The van der Waals surface area contributed by atoms with E-state index < -0.39 is 75.8 Å². The molecule has 0 radical (unpaired) electrons. The number of phenols is 3. The molecule has 0 bridgehead atoms. The minimum absolute atomic E-state index is 0.210. The number of aromatic nitrogens is 2. The second-order valence-corrected chi connectivity index (χ2v) is 10.3. The smallest absolute Gasteiger partial charge is 0.360 e. The lowest BCUT2D eigenvalue weighted by molar-refractivity contribution is -0.388. The van der Waals surface area contributed by atoms with Crippen LogP contribution in [0.5, 0.6) is 17.2 Å². The van der Waals surface area contributed by atoms with Crippen LogP contribution in [0.1, 0.15) is 5.82 Å². The molecule has 37 heavy (non-hydrogen) atoms. The number of hydrogen-bond acceptors (Lipinski definition) is 11.